The Kier molecular flexibility index (Phi) is 13.4. The van der Waals surface area contributed by atoms with Crippen LogP contribution < -0.4 is 15.4 Å². The second-order valence-electron chi connectivity index (χ2n) is 7.55. The highest BCUT2D eigenvalue weighted by Crippen LogP contribution is 2.17. The summed E-state index contributed by atoms with van der Waals surface area (Å²) in [6.07, 6.45) is 3.87. The molecule has 1 unspecified atom stereocenters. The number of non-ortho nitro benzene ring substituents is 1. The van der Waals surface area contributed by atoms with Crippen molar-refractivity contribution in [1.82, 2.24) is 15.5 Å². The van der Waals surface area contributed by atoms with E-state index in [1.807, 2.05) is 6.92 Å². The lowest BCUT2D eigenvalue weighted by molar-refractivity contribution is -0.384. The predicted molar refractivity (Wildman–Crippen MR) is 133 cm³/mol. The summed E-state index contributed by atoms with van der Waals surface area (Å²) in [7, 11) is 0. The zero-order valence-electron chi connectivity index (χ0n) is 18.5. The van der Waals surface area contributed by atoms with Crippen LogP contribution in [0.25, 0.3) is 0 Å². The molecule has 9 nitrogen and oxygen atoms in total. The number of piperidine rings is 1. The molecule has 176 valence electrons. The zero-order valence-corrected chi connectivity index (χ0v) is 20.8. The number of hydrogen-bond donors (Lipinski definition) is 3. The van der Waals surface area contributed by atoms with Gasteiger partial charge in [-0.3, -0.25) is 15.1 Å². The van der Waals surface area contributed by atoms with E-state index in [-0.39, 0.29) is 42.8 Å². The molecule has 1 atom stereocenters. The fourth-order valence-electron chi connectivity index (χ4n) is 3.30. The van der Waals surface area contributed by atoms with Gasteiger partial charge in [-0.15, -0.1) is 24.0 Å². The molecule has 2 rings (SSSR count). The van der Waals surface area contributed by atoms with Crippen molar-refractivity contribution in [2.45, 2.75) is 51.7 Å². The van der Waals surface area contributed by atoms with Crippen LogP contribution in [0.1, 0.15) is 39.5 Å². The van der Waals surface area contributed by atoms with Gasteiger partial charge in [0.15, 0.2) is 5.96 Å². The third-order valence-electron chi connectivity index (χ3n) is 5.05. The SMILES string of the molecule is CCCCN1CCC(NC(=NCC(O)COc2ccc([N+](=O)[O-])cc2)NCC)CC1.I. The van der Waals surface area contributed by atoms with Gasteiger partial charge in [-0.05, 0) is 44.9 Å². The summed E-state index contributed by atoms with van der Waals surface area (Å²) in [5, 5.41) is 27.6. The quantitative estimate of drug-likeness (QED) is 0.128. The topological polar surface area (TPSA) is 112 Å². The summed E-state index contributed by atoms with van der Waals surface area (Å²) < 4.78 is 5.50. The highest BCUT2D eigenvalue weighted by atomic mass is 127. The van der Waals surface area contributed by atoms with Crippen LogP contribution in [0.3, 0.4) is 0 Å². The van der Waals surface area contributed by atoms with E-state index in [4.69, 9.17) is 4.74 Å². The van der Waals surface area contributed by atoms with Gasteiger partial charge < -0.3 is 25.4 Å². The van der Waals surface area contributed by atoms with E-state index in [1.165, 1.54) is 43.7 Å². The van der Waals surface area contributed by atoms with Gasteiger partial charge in [0.25, 0.3) is 5.69 Å². The van der Waals surface area contributed by atoms with Crippen molar-refractivity contribution in [3.05, 3.63) is 34.4 Å². The molecule has 10 heteroatoms. The molecule has 0 spiro atoms. The first kappa shape index (κ1) is 27.4. The molecule has 31 heavy (non-hydrogen) atoms. The number of aliphatic hydroxyl groups excluding tert-OH is 1. The number of halogens is 1. The molecule has 3 N–H and O–H groups in total. The van der Waals surface area contributed by atoms with Crippen LogP contribution >= 0.6 is 24.0 Å². The summed E-state index contributed by atoms with van der Waals surface area (Å²) in [6, 6.07) is 6.18. The molecule has 1 heterocycles. The number of rotatable bonds is 11. The van der Waals surface area contributed by atoms with Crippen LogP contribution in [0, 0.1) is 10.1 Å². The average molecular weight is 549 g/mol. The molecule has 0 aliphatic carbocycles. The fraction of sp³-hybridized carbons (Fsp3) is 0.667. The van der Waals surface area contributed by atoms with Crippen molar-refractivity contribution >= 4 is 35.6 Å². The Morgan fingerprint density at radius 3 is 2.58 bits per heavy atom. The maximum Gasteiger partial charge on any atom is 0.269 e. The van der Waals surface area contributed by atoms with Crippen molar-refractivity contribution < 1.29 is 14.8 Å². The molecule has 0 bridgehead atoms. The minimum atomic E-state index is -0.772. The van der Waals surface area contributed by atoms with Gasteiger partial charge in [0.1, 0.15) is 18.5 Å². The largest absolute Gasteiger partial charge is 0.491 e. The van der Waals surface area contributed by atoms with Crippen LogP contribution in [-0.4, -0.2) is 72.4 Å². The minimum Gasteiger partial charge on any atom is -0.491 e. The lowest BCUT2D eigenvalue weighted by atomic mass is 10.0. The number of ether oxygens (including phenoxy) is 1. The number of hydrogen-bond acceptors (Lipinski definition) is 6. The summed E-state index contributed by atoms with van der Waals surface area (Å²) in [6.45, 7) is 8.63. The maximum absolute atomic E-state index is 10.7. The smallest absolute Gasteiger partial charge is 0.269 e. The molecule has 1 saturated heterocycles. The fourth-order valence-corrected chi connectivity index (χ4v) is 3.30. The molecule has 1 aromatic rings. The monoisotopic (exact) mass is 549 g/mol. The van der Waals surface area contributed by atoms with Crippen LogP contribution in [0.5, 0.6) is 5.75 Å². The van der Waals surface area contributed by atoms with E-state index in [1.54, 1.807) is 0 Å². The van der Waals surface area contributed by atoms with Crippen molar-refractivity contribution in [2.24, 2.45) is 4.99 Å². The number of guanidine groups is 1. The number of unbranched alkanes of at least 4 members (excludes halogenated alkanes) is 1. The second-order valence-corrected chi connectivity index (χ2v) is 7.55. The molecule has 0 amide bonds. The number of nitro benzene ring substituents is 1. The maximum atomic E-state index is 10.7. The van der Waals surface area contributed by atoms with Gasteiger partial charge in [0, 0.05) is 37.8 Å². The van der Waals surface area contributed by atoms with Crippen molar-refractivity contribution in [3.8, 4) is 5.75 Å². The first-order chi connectivity index (χ1) is 14.5. The first-order valence-corrected chi connectivity index (χ1v) is 10.8. The molecule has 1 aliphatic rings. The van der Waals surface area contributed by atoms with Gasteiger partial charge in [-0.25, -0.2) is 0 Å². The van der Waals surface area contributed by atoms with Gasteiger partial charge in [-0.2, -0.15) is 0 Å². The number of nitrogens with one attached hydrogen (secondary N) is 2. The van der Waals surface area contributed by atoms with Gasteiger partial charge in [0.2, 0.25) is 0 Å². The van der Waals surface area contributed by atoms with Crippen LogP contribution in [0.2, 0.25) is 0 Å². The molecule has 1 aromatic carbocycles. The third-order valence-corrected chi connectivity index (χ3v) is 5.05. The summed E-state index contributed by atoms with van der Waals surface area (Å²) in [5.41, 5.74) is 0.00468. The molecule has 0 aromatic heterocycles. The highest BCUT2D eigenvalue weighted by molar-refractivity contribution is 14.0. The Hall–Kier alpha value is -1.66. The highest BCUT2D eigenvalue weighted by Gasteiger charge is 2.19. The average Bonchev–Trinajstić information content (AvgIpc) is 2.76. The minimum absolute atomic E-state index is 0. The molecule has 1 fully saturated rings. The van der Waals surface area contributed by atoms with E-state index in [0.29, 0.717) is 17.8 Å². The Morgan fingerprint density at radius 1 is 1.32 bits per heavy atom. The van der Waals surface area contributed by atoms with E-state index >= 15 is 0 Å². The number of nitro groups is 1. The molecular formula is C21H36IN5O4. The molecular weight excluding hydrogens is 513 g/mol. The Balaban J connectivity index is 0.00000480. The Bertz CT molecular complexity index is 666. The summed E-state index contributed by atoms with van der Waals surface area (Å²) in [5.74, 6) is 1.18. The number of benzene rings is 1. The van der Waals surface area contributed by atoms with Crippen LogP contribution in [-0.2, 0) is 0 Å². The summed E-state index contributed by atoms with van der Waals surface area (Å²) in [4.78, 5) is 17.2. The van der Waals surface area contributed by atoms with Crippen molar-refractivity contribution in [3.63, 3.8) is 0 Å². The van der Waals surface area contributed by atoms with Crippen molar-refractivity contribution in [1.29, 1.82) is 0 Å². The van der Waals surface area contributed by atoms with Crippen molar-refractivity contribution in [2.75, 3.05) is 39.3 Å². The second kappa shape index (κ2) is 15.2. The van der Waals surface area contributed by atoms with Gasteiger partial charge in [0.05, 0.1) is 11.5 Å². The number of aliphatic hydroxyl groups is 1. The standard InChI is InChI=1S/C21H35N5O4.HI/c1-3-5-12-25-13-10-17(11-14-25)24-21(22-4-2)23-15-19(27)16-30-20-8-6-18(7-9-20)26(28)29;/h6-9,17,19,27H,3-5,10-16H2,1-2H3,(H2,22,23,24);1H. The lowest BCUT2D eigenvalue weighted by Gasteiger charge is -2.33. The number of likely N-dealkylation sites (tertiary alicyclic amines) is 1. The van der Waals surface area contributed by atoms with Gasteiger partial charge >= 0.3 is 0 Å². The molecule has 0 radical (unpaired) electrons. The van der Waals surface area contributed by atoms with Crippen LogP contribution in [0.15, 0.2) is 29.3 Å². The lowest BCUT2D eigenvalue weighted by Crippen LogP contribution is -2.49. The molecule has 0 saturated carbocycles. The summed E-state index contributed by atoms with van der Waals surface area (Å²) >= 11 is 0. The van der Waals surface area contributed by atoms with E-state index < -0.39 is 11.0 Å². The first-order valence-electron chi connectivity index (χ1n) is 10.8. The molecule has 1 aliphatic heterocycles. The zero-order chi connectivity index (χ0) is 21.8. The van der Waals surface area contributed by atoms with Gasteiger partial charge in [-0.1, -0.05) is 13.3 Å². The van der Waals surface area contributed by atoms with Crippen LogP contribution in [0.4, 0.5) is 5.69 Å². The number of nitrogens with zero attached hydrogens (tertiary/aromatic N) is 3. The normalized spacial score (nSPS) is 16.3. The third kappa shape index (κ3) is 10.5. The Labute approximate surface area is 201 Å². The number of aliphatic imine (C=N–C) groups is 1. The Morgan fingerprint density at radius 2 is 2.00 bits per heavy atom. The predicted octanol–water partition coefficient (Wildman–Crippen LogP) is 2.77. The van der Waals surface area contributed by atoms with E-state index in [9.17, 15) is 15.2 Å². The van der Waals surface area contributed by atoms with E-state index in [0.717, 1.165) is 32.5 Å². The van der Waals surface area contributed by atoms with E-state index in [2.05, 4.69) is 27.4 Å².